The van der Waals surface area contributed by atoms with Gasteiger partial charge in [0.1, 0.15) is 19.3 Å². The molecule has 0 bridgehead atoms. The van der Waals surface area contributed by atoms with Crippen molar-refractivity contribution in [1.82, 2.24) is 0 Å². The highest BCUT2D eigenvalue weighted by Gasteiger charge is 2.20. The maximum absolute atomic E-state index is 12.8. The van der Waals surface area contributed by atoms with E-state index in [4.69, 9.17) is 18.5 Å². The number of rotatable bonds is 53. The molecule has 0 aliphatic heterocycles. The van der Waals surface area contributed by atoms with Gasteiger partial charge in [-0.15, -0.1) is 0 Å². The molecule has 0 spiro atoms. The molecule has 68 heavy (non-hydrogen) atoms. The summed E-state index contributed by atoms with van der Waals surface area (Å²) in [5.41, 5.74) is 0. The van der Waals surface area contributed by atoms with Crippen LogP contribution in [0.5, 0.6) is 0 Å². The third-order valence-electron chi connectivity index (χ3n) is 12.3. The summed E-state index contributed by atoms with van der Waals surface area (Å²) in [6.07, 6.45) is 66.8. The van der Waals surface area contributed by atoms with E-state index in [0.29, 0.717) is 24.1 Å². The zero-order chi connectivity index (χ0) is 49.8. The van der Waals surface area contributed by atoms with E-state index in [0.717, 1.165) is 70.6 Å². The molecule has 0 heterocycles. The highest BCUT2D eigenvalue weighted by Crippen LogP contribution is 2.38. The summed E-state index contributed by atoms with van der Waals surface area (Å²) in [7, 11) is 1.36. The van der Waals surface area contributed by atoms with Crippen LogP contribution in [0.4, 0.5) is 0 Å². The van der Waals surface area contributed by atoms with E-state index >= 15 is 0 Å². The van der Waals surface area contributed by atoms with Crippen LogP contribution >= 0.6 is 7.82 Å². The second kappa shape index (κ2) is 51.6. The SMILES string of the molecule is CC/C=C\C/C=C\C/C=C\C/C=C\C/C=C\CCCCCCCCCCCC(=O)OC(COCCCCCCCCCCCCCCCCCCCCCCC)COP(=O)([O-])OCC[N+](C)(C)C. The molecule has 0 amide bonds. The number of carbonyl (C=O) groups is 1. The third kappa shape index (κ3) is 55.1. The van der Waals surface area contributed by atoms with E-state index in [1.807, 2.05) is 21.1 Å². The lowest BCUT2D eigenvalue weighted by Crippen LogP contribution is -2.37. The van der Waals surface area contributed by atoms with Crippen LogP contribution in [-0.2, 0) is 27.9 Å². The average Bonchev–Trinajstić information content (AvgIpc) is 3.30. The van der Waals surface area contributed by atoms with E-state index in [-0.39, 0.29) is 25.8 Å². The minimum Gasteiger partial charge on any atom is -0.756 e. The summed E-state index contributed by atoms with van der Waals surface area (Å²) in [5.74, 6) is -0.338. The number of allylic oxidation sites excluding steroid dienone is 10. The Morgan fingerprint density at radius 3 is 1.28 bits per heavy atom. The van der Waals surface area contributed by atoms with Crippen LogP contribution < -0.4 is 4.89 Å². The van der Waals surface area contributed by atoms with Crippen LogP contribution in [0.3, 0.4) is 0 Å². The fourth-order valence-corrected chi connectivity index (χ4v) is 8.72. The monoisotopic (exact) mass is 976 g/mol. The van der Waals surface area contributed by atoms with Gasteiger partial charge in [-0.3, -0.25) is 9.36 Å². The van der Waals surface area contributed by atoms with Crippen LogP contribution in [-0.4, -0.2) is 70.7 Å². The number of phosphoric acid groups is 1. The number of carbonyl (C=O) groups excluding carboxylic acids is 1. The highest BCUT2D eigenvalue weighted by atomic mass is 31.2. The van der Waals surface area contributed by atoms with Crippen LogP contribution in [0.15, 0.2) is 60.8 Å². The van der Waals surface area contributed by atoms with Gasteiger partial charge in [0.05, 0.1) is 34.4 Å². The summed E-state index contributed by atoms with van der Waals surface area (Å²) in [6, 6.07) is 0. The molecule has 0 fully saturated rings. The fourth-order valence-electron chi connectivity index (χ4n) is 7.99. The molecule has 0 aromatic rings. The van der Waals surface area contributed by atoms with Crippen LogP contribution in [0.25, 0.3) is 0 Å². The predicted octanol–water partition coefficient (Wildman–Crippen LogP) is 17.4. The number of phosphoric ester groups is 1. The number of unbranched alkanes of at least 4 members (excludes halogenated alkanes) is 29. The van der Waals surface area contributed by atoms with Gasteiger partial charge in [0.25, 0.3) is 7.82 Å². The molecule has 8 nitrogen and oxygen atoms in total. The third-order valence-corrected chi connectivity index (χ3v) is 13.3. The number of esters is 1. The standard InChI is InChI=1S/C59H110NO7P/c1-6-8-10-12-14-16-18-20-22-24-26-28-29-30-31-32-34-36-38-40-42-44-46-48-50-52-59(61)67-58(57-66-68(62,63)65-55-53-60(3,4)5)56-64-54-51-49-47-45-43-41-39-37-35-33-27-25-23-21-19-17-15-13-11-9-7-2/h8,10,14,16,20,22,26,28,30-31,58H,6-7,9,11-13,15,17-19,21,23-25,27,29,32-57H2,1-5H3/b10-8-,16-14-,22-20-,28-26-,31-30-. The molecule has 0 aromatic carbocycles. The Labute approximate surface area is 421 Å². The van der Waals surface area contributed by atoms with Gasteiger partial charge in [-0.1, -0.05) is 248 Å². The molecule has 398 valence electrons. The Balaban J connectivity index is 4.09. The number of quaternary nitrogens is 1. The first-order chi connectivity index (χ1) is 33.1. The molecular weight excluding hydrogens is 866 g/mol. The fraction of sp³-hybridized carbons (Fsp3) is 0.814. The van der Waals surface area contributed by atoms with Gasteiger partial charge in [0.2, 0.25) is 0 Å². The van der Waals surface area contributed by atoms with Crippen LogP contribution in [0.2, 0.25) is 0 Å². The number of nitrogens with zero attached hydrogens (tertiary/aromatic N) is 1. The zero-order valence-electron chi connectivity index (χ0n) is 45.3. The van der Waals surface area contributed by atoms with Crippen molar-refractivity contribution in [2.45, 2.75) is 258 Å². The van der Waals surface area contributed by atoms with Crippen LogP contribution in [0, 0.1) is 0 Å². The second-order valence-electron chi connectivity index (χ2n) is 20.3. The van der Waals surface area contributed by atoms with Gasteiger partial charge >= 0.3 is 5.97 Å². The number of likely N-dealkylation sites (N-methyl/N-ethyl adjacent to an activating group) is 1. The lowest BCUT2D eigenvalue weighted by Gasteiger charge is -2.28. The topological polar surface area (TPSA) is 94.1 Å². The van der Waals surface area contributed by atoms with Crippen molar-refractivity contribution in [1.29, 1.82) is 0 Å². The first-order valence-corrected chi connectivity index (χ1v) is 30.0. The maximum Gasteiger partial charge on any atom is 0.306 e. The Kier molecular flexibility index (Phi) is 50.2. The average molecular weight is 977 g/mol. The largest absolute Gasteiger partial charge is 0.756 e. The van der Waals surface area contributed by atoms with E-state index in [1.54, 1.807) is 0 Å². The lowest BCUT2D eigenvalue weighted by atomic mass is 10.0. The molecule has 2 atom stereocenters. The molecule has 0 radical (unpaired) electrons. The van der Waals surface area contributed by atoms with Gasteiger partial charge in [-0.05, 0) is 57.8 Å². The van der Waals surface area contributed by atoms with Crippen molar-refractivity contribution < 1.29 is 37.3 Å². The molecule has 0 saturated heterocycles. The highest BCUT2D eigenvalue weighted by molar-refractivity contribution is 7.45. The van der Waals surface area contributed by atoms with Crippen molar-refractivity contribution in [2.24, 2.45) is 0 Å². The second-order valence-corrected chi connectivity index (χ2v) is 21.7. The summed E-state index contributed by atoms with van der Waals surface area (Å²) < 4.78 is 34.9. The van der Waals surface area contributed by atoms with Gasteiger partial charge < -0.3 is 27.9 Å². The van der Waals surface area contributed by atoms with Crippen LogP contribution in [0.1, 0.15) is 251 Å². The summed E-state index contributed by atoms with van der Waals surface area (Å²) >= 11 is 0. The van der Waals surface area contributed by atoms with E-state index < -0.39 is 13.9 Å². The molecule has 0 saturated carbocycles. The van der Waals surface area contributed by atoms with Crippen molar-refractivity contribution in [3.05, 3.63) is 60.8 Å². The molecule has 2 unspecified atom stereocenters. The van der Waals surface area contributed by atoms with Gasteiger partial charge in [0, 0.05) is 13.0 Å². The summed E-state index contributed by atoms with van der Waals surface area (Å²) in [4.78, 5) is 25.3. The van der Waals surface area contributed by atoms with Crippen molar-refractivity contribution >= 4 is 13.8 Å². The Morgan fingerprint density at radius 2 is 0.853 bits per heavy atom. The molecule has 0 aliphatic carbocycles. The Hall–Kier alpha value is -1.80. The van der Waals surface area contributed by atoms with Gasteiger partial charge in [0.15, 0.2) is 0 Å². The molecule has 0 aromatic heterocycles. The van der Waals surface area contributed by atoms with E-state index in [2.05, 4.69) is 74.6 Å². The molecule has 9 heteroatoms. The molecule has 0 aliphatic rings. The zero-order valence-corrected chi connectivity index (χ0v) is 46.2. The normalized spacial score (nSPS) is 13.9. The smallest absolute Gasteiger partial charge is 0.306 e. The van der Waals surface area contributed by atoms with E-state index in [9.17, 15) is 14.3 Å². The lowest BCUT2D eigenvalue weighted by molar-refractivity contribution is -0.870. The molecule has 0 rings (SSSR count). The number of hydrogen-bond acceptors (Lipinski definition) is 7. The Bertz CT molecular complexity index is 1270. The summed E-state index contributed by atoms with van der Waals surface area (Å²) in [6.45, 7) is 5.33. The van der Waals surface area contributed by atoms with E-state index in [1.165, 1.54) is 161 Å². The quantitative estimate of drug-likeness (QED) is 0.0197. The van der Waals surface area contributed by atoms with Gasteiger partial charge in [-0.25, -0.2) is 0 Å². The van der Waals surface area contributed by atoms with Crippen molar-refractivity contribution in [3.8, 4) is 0 Å². The van der Waals surface area contributed by atoms with Crippen molar-refractivity contribution in [2.75, 3.05) is 54.1 Å². The minimum absolute atomic E-state index is 0.0243. The molecule has 0 N–H and O–H groups in total. The first-order valence-electron chi connectivity index (χ1n) is 28.5. The maximum atomic E-state index is 12.8. The predicted molar refractivity (Wildman–Crippen MR) is 291 cm³/mol. The first kappa shape index (κ1) is 66.2. The van der Waals surface area contributed by atoms with Gasteiger partial charge in [-0.2, -0.15) is 0 Å². The number of hydrogen-bond donors (Lipinski definition) is 0. The number of ether oxygens (including phenoxy) is 2. The molecular formula is C59H110NO7P. The minimum atomic E-state index is -4.54. The Morgan fingerprint density at radius 1 is 0.471 bits per heavy atom. The summed E-state index contributed by atoms with van der Waals surface area (Å²) in [5, 5.41) is 0. The van der Waals surface area contributed by atoms with Crippen molar-refractivity contribution in [3.63, 3.8) is 0 Å².